The Labute approximate surface area is 72.4 Å². The first kappa shape index (κ1) is 10.7. The van der Waals surface area contributed by atoms with E-state index in [0.29, 0.717) is 0 Å². The van der Waals surface area contributed by atoms with Crippen LogP contribution in [0.15, 0.2) is 0 Å². The molecule has 0 aliphatic heterocycles. The third-order valence-electron chi connectivity index (χ3n) is 0.819. The molecule has 0 saturated heterocycles. The third kappa shape index (κ3) is 8.75. The maximum absolute atomic E-state index is 5.42. The smallest absolute Gasteiger partial charge is 0.284 e. The van der Waals surface area contributed by atoms with Gasteiger partial charge in [0.2, 0.25) is 0 Å². The van der Waals surface area contributed by atoms with Crippen LogP contribution in [0.2, 0.25) is 5.54 Å². The Hall–Kier alpha value is 0.748. The highest BCUT2D eigenvalue weighted by Crippen LogP contribution is 1.95. The summed E-state index contributed by atoms with van der Waals surface area (Å²) in [5.74, 6) is 0. The molecule has 10 heavy (non-hydrogen) atoms. The Bertz CT molecular complexity index is 70.8. The van der Waals surface area contributed by atoms with Gasteiger partial charge in [-0.15, -0.1) is 0 Å². The van der Waals surface area contributed by atoms with Crippen molar-refractivity contribution in [3.05, 3.63) is 0 Å². The lowest BCUT2D eigenvalue weighted by molar-refractivity contribution is 0.436. The fourth-order valence-corrected chi connectivity index (χ4v) is 6.70. The first-order valence-corrected chi connectivity index (χ1v) is 7.93. The zero-order chi connectivity index (χ0) is 7.82. The average molecular weight is 213 g/mol. The van der Waals surface area contributed by atoms with Gasteiger partial charge in [0, 0.05) is 0 Å². The van der Waals surface area contributed by atoms with Crippen LogP contribution in [-0.4, -0.2) is 40.3 Å². The van der Waals surface area contributed by atoms with Crippen molar-refractivity contribution in [3.8, 4) is 0 Å². The highest BCUT2D eigenvalue weighted by Gasteiger charge is 1.94. The summed E-state index contributed by atoms with van der Waals surface area (Å²) in [5.41, 5.74) is 0.759. The summed E-state index contributed by atoms with van der Waals surface area (Å²) in [5, 5.41) is 0. The van der Waals surface area contributed by atoms with Gasteiger partial charge in [-0.2, -0.15) is 0 Å². The molecule has 62 valence electrons. The summed E-state index contributed by atoms with van der Waals surface area (Å²) in [6.45, 7) is 4.39. The van der Waals surface area contributed by atoms with Gasteiger partial charge in [0.05, 0.1) is 0 Å². The normalized spacial score (nSPS) is 14.7. The molecule has 0 aromatic heterocycles. The molecule has 0 fully saturated rings. The molecule has 0 radical (unpaired) electrons. The Balaban J connectivity index is 2.77. The minimum absolute atomic E-state index is 0.267. The quantitative estimate of drug-likeness (QED) is 0.352. The van der Waals surface area contributed by atoms with E-state index < -0.39 is 20.0 Å². The van der Waals surface area contributed by atoms with E-state index in [-0.39, 0.29) is 9.76 Å². The van der Waals surface area contributed by atoms with Crippen LogP contribution in [0, 0.1) is 0 Å². The molecule has 0 aromatic rings. The van der Waals surface area contributed by atoms with E-state index in [1.54, 1.807) is 0 Å². The van der Waals surface area contributed by atoms with Crippen LogP contribution in [0.1, 0.15) is 13.8 Å². The summed E-state index contributed by atoms with van der Waals surface area (Å²) >= 11 is 0. The van der Waals surface area contributed by atoms with Crippen LogP contribution >= 0.6 is 0 Å². The SMILES string of the molecule is CC(C)[SiH2]O[SiH2]O[SiH2]O[SiH3]. The van der Waals surface area contributed by atoms with Gasteiger partial charge in [-0.25, -0.2) is 0 Å². The van der Waals surface area contributed by atoms with Crippen LogP contribution in [0.25, 0.3) is 0 Å². The molecule has 0 amide bonds. The van der Waals surface area contributed by atoms with Crippen molar-refractivity contribution in [2.45, 2.75) is 19.4 Å². The predicted octanol–water partition coefficient (Wildman–Crippen LogP) is -2.77. The van der Waals surface area contributed by atoms with Crippen molar-refractivity contribution >= 4 is 40.3 Å². The Morgan fingerprint density at radius 2 is 1.90 bits per heavy atom. The second kappa shape index (κ2) is 7.85. The van der Waals surface area contributed by atoms with Crippen molar-refractivity contribution < 1.29 is 12.3 Å². The van der Waals surface area contributed by atoms with Gasteiger partial charge < -0.3 is 12.3 Å². The molecule has 7 heteroatoms. The van der Waals surface area contributed by atoms with E-state index in [1.165, 1.54) is 0 Å². The third-order valence-corrected chi connectivity index (χ3v) is 5.37. The van der Waals surface area contributed by atoms with Crippen molar-refractivity contribution in [2.75, 3.05) is 0 Å². The van der Waals surface area contributed by atoms with Gasteiger partial charge in [-0.3, -0.25) is 0 Å². The molecular weight excluding hydrogens is 196 g/mol. The largest absolute Gasteiger partial charge is 0.449 e. The van der Waals surface area contributed by atoms with Gasteiger partial charge in [0.15, 0.2) is 9.76 Å². The van der Waals surface area contributed by atoms with E-state index in [1.807, 2.05) is 0 Å². The lowest BCUT2D eigenvalue weighted by atomic mass is 10.6. The highest BCUT2D eigenvalue weighted by molar-refractivity contribution is 6.45. The fourth-order valence-electron chi connectivity index (χ4n) is 0.460. The molecule has 3 nitrogen and oxygen atoms in total. The van der Waals surface area contributed by atoms with E-state index in [0.717, 1.165) is 16.0 Å². The van der Waals surface area contributed by atoms with Gasteiger partial charge >= 0.3 is 0 Å². The molecule has 0 unspecified atom stereocenters. The van der Waals surface area contributed by atoms with Crippen molar-refractivity contribution in [1.82, 2.24) is 0 Å². The second-order valence-corrected chi connectivity index (χ2v) is 10.5. The van der Waals surface area contributed by atoms with E-state index in [9.17, 15) is 0 Å². The van der Waals surface area contributed by atoms with Crippen LogP contribution in [0.4, 0.5) is 0 Å². The molecular formula is C3H16O3Si4. The van der Waals surface area contributed by atoms with Crippen LogP contribution in [-0.2, 0) is 12.3 Å². The first-order chi connectivity index (χ1) is 4.77. The summed E-state index contributed by atoms with van der Waals surface area (Å²) < 4.78 is 15.6. The minimum Gasteiger partial charge on any atom is -0.449 e. The minimum atomic E-state index is -0.622. The van der Waals surface area contributed by atoms with Crippen LogP contribution in [0.3, 0.4) is 0 Å². The van der Waals surface area contributed by atoms with Gasteiger partial charge in [0.25, 0.3) is 20.0 Å². The molecule has 0 aliphatic carbocycles. The summed E-state index contributed by atoms with van der Waals surface area (Å²) in [6, 6.07) is 0. The Morgan fingerprint density at radius 1 is 1.20 bits per heavy atom. The zero-order valence-corrected chi connectivity index (χ0v) is 13.2. The fraction of sp³-hybridized carbons (Fsp3) is 1.00. The molecule has 0 bridgehead atoms. The first-order valence-electron chi connectivity index (χ1n) is 3.41. The molecule has 0 N–H and O–H groups in total. The zero-order valence-electron chi connectivity index (χ0n) is 6.92. The van der Waals surface area contributed by atoms with Crippen LogP contribution < -0.4 is 0 Å². The predicted molar refractivity (Wildman–Crippen MR) is 53.9 cm³/mol. The average Bonchev–Trinajstić information content (AvgIpc) is 1.87. The Kier molecular flexibility index (Phi) is 8.44. The van der Waals surface area contributed by atoms with Crippen molar-refractivity contribution in [3.63, 3.8) is 0 Å². The second-order valence-electron chi connectivity index (χ2n) is 2.49. The monoisotopic (exact) mass is 212 g/mol. The summed E-state index contributed by atoms with van der Waals surface area (Å²) in [4.78, 5) is 0. The lowest BCUT2D eigenvalue weighted by Crippen LogP contribution is -2.13. The maximum Gasteiger partial charge on any atom is 0.284 e. The van der Waals surface area contributed by atoms with Gasteiger partial charge in [0.1, 0.15) is 10.5 Å². The molecule has 0 aromatic carbocycles. The summed E-state index contributed by atoms with van der Waals surface area (Å²) in [7, 11) is -0.673. The molecule has 0 heterocycles. The Morgan fingerprint density at radius 3 is 2.40 bits per heavy atom. The van der Waals surface area contributed by atoms with Crippen LogP contribution in [0.5, 0.6) is 0 Å². The summed E-state index contributed by atoms with van der Waals surface area (Å²) in [6.07, 6.45) is 0. The molecule has 0 rings (SSSR count). The standard InChI is InChI=1S/C3H16O3Si4/c1-3(2)8-5-10-6-9-4-7/h3H,8-10H2,1-2,7H3. The maximum atomic E-state index is 5.42. The number of hydrogen-bond acceptors (Lipinski definition) is 3. The van der Waals surface area contributed by atoms with E-state index in [2.05, 4.69) is 13.8 Å². The molecule has 0 spiro atoms. The van der Waals surface area contributed by atoms with Gasteiger partial charge in [-0.1, -0.05) is 13.8 Å². The molecule has 0 aliphatic rings. The van der Waals surface area contributed by atoms with Crippen molar-refractivity contribution in [1.29, 1.82) is 0 Å². The molecule has 0 atom stereocenters. The van der Waals surface area contributed by atoms with E-state index in [4.69, 9.17) is 12.3 Å². The number of hydrogen-bond donors (Lipinski definition) is 0. The van der Waals surface area contributed by atoms with E-state index >= 15 is 0 Å². The molecule has 0 saturated carbocycles. The van der Waals surface area contributed by atoms with Gasteiger partial charge in [-0.05, 0) is 5.54 Å². The lowest BCUT2D eigenvalue weighted by Gasteiger charge is -2.05. The highest BCUT2D eigenvalue weighted by atomic mass is 28.4. The van der Waals surface area contributed by atoms with Crippen molar-refractivity contribution in [2.24, 2.45) is 0 Å². The topological polar surface area (TPSA) is 27.7 Å². The number of rotatable bonds is 6.